The normalized spacial score (nSPS) is 11.1. The molecule has 10 heteroatoms. The monoisotopic (exact) mass is 401 g/mol. The number of rotatable bonds is 6. The number of sulfonamides is 1. The topological polar surface area (TPSA) is 106 Å². The molecule has 0 radical (unpaired) electrons. The Balaban J connectivity index is 1.83. The maximum Gasteiger partial charge on any atom is 0.255 e. The summed E-state index contributed by atoms with van der Waals surface area (Å²) in [7, 11) is -0.406. The molecule has 1 N–H and O–H groups in total. The van der Waals surface area contributed by atoms with Crippen LogP contribution in [0, 0.1) is 0 Å². The first-order valence-electron chi connectivity index (χ1n) is 8.18. The molecule has 0 spiro atoms. The van der Waals surface area contributed by atoms with Gasteiger partial charge in [0.05, 0.1) is 30.4 Å². The van der Waals surface area contributed by atoms with Crippen LogP contribution in [-0.2, 0) is 10.0 Å². The quantitative estimate of drug-likeness (QED) is 0.676. The molecular formula is C18H19N5O4S. The second-order valence-corrected chi connectivity index (χ2v) is 8.00. The maximum atomic E-state index is 12.6. The van der Waals surface area contributed by atoms with E-state index in [9.17, 15) is 13.2 Å². The summed E-state index contributed by atoms with van der Waals surface area (Å²) in [4.78, 5) is 12.6. The molecular weight excluding hydrogens is 382 g/mol. The SMILES string of the molecule is COc1ccc(-n2cnnc2)cc1NC(=O)c1ccc(N(C)S(C)(=O)=O)cc1. The van der Waals surface area contributed by atoms with E-state index in [0.717, 1.165) is 16.2 Å². The van der Waals surface area contributed by atoms with Gasteiger partial charge in [0.25, 0.3) is 5.91 Å². The van der Waals surface area contributed by atoms with Crippen molar-refractivity contribution in [3.63, 3.8) is 0 Å². The number of nitrogens with zero attached hydrogens (tertiary/aromatic N) is 4. The Kier molecular flexibility index (Phi) is 5.32. The van der Waals surface area contributed by atoms with Crippen LogP contribution in [0.3, 0.4) is 0 Å². The molecule has 2 aromatic carbocycles. The highest BCUT2D eigenvalue weighted by Crippen LogP contribution is 2.28. The van der Waals surface area contributed by atoms with Crippen LogP contribution < -0.4 is 14.4 Å². The molecule has 1 heterocycles. The van der Waals surface area contributed by atoms with Gasteiger partial charge in [-0.2, -0.15) is 0 Å². The minimum absolute atomic E-state index is 0.354. The minimum atomic E-state index is -3.37. The van der Waals surface area contributed by atoms with E-state index >= 15 is 0 Å². The molecule has 0 saturated heterocycles. The average Bonchev–Trinajstić information content (AvgIpc) is 3.21. The third-order valence-electron chi connectivity index (χ3n) is 4.14. The van der Waals surface area contributed by atoms with Gasteiger partial charge >= 0.3 is 0 Å². The zero-order chi connectivity index (χ0) is 20.3. The molecule has 3 aromatic rings. The molecule has 0 aliphatic heterocycles. The number of carbonyl (C=O) groups excluding carboxylic acids is 1. The summed E-state index contributed by atoms with van der Waals surface area (Å²) < 4.78 is 31.4. The number of benzene rings is 2. The van der Waals surface area contributed by atoms with Crippen LogP contribution in [0.15, 0.2) is 55.1 Å². The van der Waals surface area contributed by atoms with Gasteiger partial charge < -0.3 is 10.1 Å². The van der Waals surface area contributed by atoms with Gasteiger partial charge in [-0.3, -0.25) is 13.7 Å². The van der Waals surface area contributed by atoms with E-state index in [0.29, 0.717) is 22.7 Å². The number of ether oxygens (including phenoxy) is 1. The Hall–Kier alpha value is -3.40. The van der Waals surface area contributed by atoms with Crippen LogP contribution in [0.2, 0.25) is 0 Å². The first-order valence-corrected chi connectivity index (χ1v) is 10.0. The molecule has 1 aromatic heterocycles. The molecule has 3 rings (SSSR count). The highest BCUT2D eigenvalue weighted by Gasteiger charge is 2.14. The molecule has 0 bridgehead atoms. The minimum Gasteiger partial charge on any atom is -0.495 e. The number of hydrogen-bond donors (Lipinski definition) is 1. The van der Waals surface area contributed by atoms with Crippen LogP contribution in [0.25, 0.3) is 5.69 Å². The largest absolute Gasteiger partial charge is 0.495 e. The zero-order valence-electron chi connectivity index (χ0n) is 15.5. The van der Waals surface area contributed by atoms with Gasteiger partial charge in [0.1, 0.15) is 18.4 Å². The summed E-state index contributed by atoms with van der Waals surface area (Å²) in [6.45, 7) is 0. The van der Waals surface area contributed by atoms with Crippen molar-refractivity contribution in [2.24, 2.45) is 0 Å². The summed E-state index contributed by atoms with van der Waals surface area (Å²) >= 11 is 0. The van der Waals surface area contributed by atoms with E-state index in [2.05, 4.69) is 15.5 Å². The molecule has 0 atom stereocenters. The lowest BCUT2D eigenvalue weighted by Gasteiger charge is -2.17. The summed E-state index contributed by atoms with van der Waals surface area (Å²) in [5, 5.41) is 10.3. The standard InChI is InChI=1S/C18H19N5O4S/c1-22(28(3,25)26)14-6-4-13(5-7-14)18(24)21-16-10-15(8-9-17(16)27-2)23-11-19-20-12-23/h4-12H,1-3H3,(H,21,24). The van der Waals surface area contributed by atoms with E-state index < -0.39 is 10.0 Å². The molecule has 0 fully saturated rings. The number of hydrogen-bond acceptors (Lipinski definition) is 6. The molecule has 0 aliphatic rings. The molecule has 146 valence electrons. The summed E-state index contributed by atoms with van der Waals surface area (Å²) in [6.07, 6.45) is 4.21. The van der Waals surface area contributed by atoms with Crippen LogP contribution in [-0.4, -0.2) is 49.5 Å². The zero-order valence-corrected chi connectivity index (χ0v) is 16.3. The van der Waals surface area contributed by atoms with E-state index in [1.54, 1.807) is 53.6 Å². The lowest BCUT2D eigenvalue weighted by atomic mass is 10.2. The van der Waals surface area contributed by atoms with Gasteiger partial charge in [0, 0.05) is 12.6 Å². The van der Waals surface area contributed by atoms with Gasteiger partial charge in [-0.05, 0) is 42.5 Å². The molecule has 1 amide bonds. The summed E-state index contributed by atoms with van der Waals surface area (Å²) in [5.74, 6) is 0.145. The number of methoxy groups -OCH3 is 1. The first kappa shape index (κ1) is 19.4. The van der Waals surface area contributed by atoms with Gasteiger partial charge in [0.2, 0.25) is 10.0 Å². The maximum absolute atomic E-state index is 12.6. The van der Waals surface area contributed by atoms with Crippen molar-refractivity contribution >= 4 is 27.3 Å². The van der Waals surface area contributed by atoms with E-state index in [4.69, 9.17) is 4.74 Å². The van der Waals surface area contributed by atoms with Crippen molar-refractivity contribution in [3.8, 4) is 11.4 Å². The predicted octanol–water partition coefficient (Wildman–Crippen LogP) is 1.92. The average molecular weight is 401 g/mol. The molecule has 0 unspecified atom stereocenters. The summed E-state index contributed by atoms with van der Waals surface area (Å²) in [5.41, 5.74) is 2.08. The van der Waals surface area contributed by atoms with E-state index in [1.807, 2.05) is 6.07 Å². The lowest BCUT2D eigenvalue weighted by Crippen LogP contribution is -2.24. The number of anilines is 2. The summed E-state index contributed by atoms with van der Waals surface area (Å²) in [6, 6.07) is 11.5. The highest BCUT2D eigenvalue weighted by molar-refractivity contribution is 7.92. The third-order valence-corrected chi connectivity index (χ3v) is 5.34. The van der Waals surface area contributed by atoms with E-state index in [-0.39, 0.29) is 5.91 Å². The Morgan fingerprint density at radius 1 is 1.11 bits per heavy atom. The fourth-order valence-electron chi connectivity index (χ4n) is 2.50. The van der Waals surface area contributed by atoms with Crippen LogP contribution in [0.5, 0.6) is 5.75 Å². The van der Waals surface area contributed by atoms with Gasteiger partial charge in [-0.15, -0.1) is 10.2 Å². The molecule has 28 heavy (non-hydrogen) atoms. The fourth-order valence-corrected chi connectivity index (χ4v) is 3.00. The van der Waals surface area contributed by atoms with Gasteiger partial charge in [-0.1, -0.05) is 0 Å². The first-order chi connectivity index (χ1) is 13.3. The molecule has 9 nitrogen and oxygen atoms in total. The highest BCUT2D eigenvalue weighted by atomic mass is 32.2. The van der Waals surface area contributed by atoms with Crippen molar-refractivity contribution in [2.75, 3.05) is 30.0 Å². The van der Waals surface area contributed by atoms with Crippen molar-refractivity contribution in [1.29, 1.82) is 0 Å². The van der Waals surface area contributed by atoms with Crippen molar-refractivity contribution in [3.05, 3.63) is 60.7 Å². The Morgan fingerprint density at radius 3 is 2.32 bits per heavy atom. The van der Waals surface area contributed by atoms with Gasteiger partial charge in [-0.25, -0.2) is 8.42 Å². The Labute approximate surface area is 162 Å². The van der Waals surface area contributed by atoms with Gasteiger partial charge in [0.15, 0.2) is 0 Å². The Morgan fingerprint density at radius 2 is 1.75 bits per heavy atom. The number of carbonyl (C=O) groups is 1. The second kappa shape index (κ2) is 7.69. The fraction of sp³-hybridized carbons (Fsp3) is 0.167. The van der Waals surface area contributed by atoms with Crippen molar-refractivity contribution in [1.82, 2.24) is 14.8 Å². The molecule has 0 saturated carbocycles. The number of amides is 1. The predicted molar refractivity (Wildman–Crippen MR) is 106 cm³/mol. The van der Waals surface area contributed by atoms with Crippen molar-refractivity contribution in [2.45, 2.75) is 0 Å². The Bertz CT molecular complexity index is 1080. The van der Waals surface area contributed by atoms with Crippen LogP contribution in [0.4, 0.5) is 11.4 Å². The number of aromatic nitrogens is 3. The lowest BCUT2D eigenvalue weighted by molar-refractivity contribution is 0.102. The van der Waals surface area contributed by atoms with Crippen LogP contribution in [0.1, 0.15) is 10.4 Å². The number of nitrogens with one attached hydrogen (secondary N) is 1. The smallest absolute Gasteiger partial charge is 0.255 e. The second-order valence-electron chi connectivity index (χ2n) is 5.99. The van der Waals surface area contributed by atoms with Crippen LogP contribution >= 0.6 is 0 Å². The van der Waals surface area contributed by atoms with Crippen molar-refractivity contribution < 1.29 is 17.9 Å². The third kappa shape index (κ3) is 4.12. The van der Waals surface area contributed by atoms with E-state index in [1.165, 1.54) is 14.2 Å². The molecule has 0 aliphatic carbocycles.